The van der Waals surface area contributed by atoms with Crippen LogP contribution in [0.1, 0.15) is 6.42 Å². The molecule has 0 aromatic carbocycles. The summed E-state index contributed by atoms with van der Waals surface area (Å²) in [5.74, 6) is 0.216. The molecule has 0 spiro atoms. The molecule has 0 saturated carbocycles. The maximum atomic E-state index is 11.6. The van der Waals surface area contributed by atoms with Gasteiger partial charge in [0.25, 0.3) is 0 Å². The molecule has 1 saturated heterocycles. The van der Waals surface area contributed by atoms with Crippen LogP contribution in [0.4, 0.5) is 0 Å². The molecule has 1 fully saturated rings. The first kappa shape index (κ1) is 13.3. The molecule has 2 rings (SSSR count). The number of amides is 1. The summed E-state index contributed by atoms with van der Waals surface area (Å²) in [4.78, 5) is 19.6. The van der Waals surface area contributed by atoms with E-state index < -0.39 is 9.84 Å². The first-order chi connectivity index (χ1) is 8.55. The van der Waals surface area contributed by atoms with Crippen LogP contribution in [0, 0.1) is 0 Å². The van der Waals surface area contributed by atoms with Gasteiger partial charge in [-0.1, -0.05) is 11.8 Å². The van der Waals surface area contributed by atoms with Gasteiger partial charge in [0.15, 0.2) is 15.0 Å². The van der Waals surface area contributed by atoms with Crippen molar-refractivity contribution in [3.63, 3.8) is 0 Å². The second kappa shape index (κ2) is 5.66. The summed E-state index contributed by atoms with van der Waals surface area (Å²) in [6, 6.07) is 1.45. The van der Waals surface area contributed by atoms with E-state index in [0.717, 1.165) is 0 Å². The molecule has 0 bridgehead atoms. The maximum absolute atomic E-state index is 11.6. The standard InChI is InChI=1S/C10H13N3O3S2/c14-9(6-17-10-11-3-1-4-12-10)13-8-2-5-18(15,16)7-8/h1,3-4,8H,2,5-7H2,(H,13,14)/t8-/m1/s1. The minimum absolute atomic E-state index is 0.0469. The van der Waals surface area contributed by atoms with Gasteiger partial charge in [-0.05, 0) is 12.5 Å². The normalized spacial score (nSPS) is 21.7. The Morgan fingerprint density at radius 3 is 2.78 bits per heavy atom. The van der Waals surface area contributed by atoms with E-state index in [2.05, 4.69) is 15.3 Å². The third kappa shape index (κ3) is 3.95. The Labute approximate surface area is 110 Å². The maximum Gasteiger partial charge on any atom is 0.230 e. The van der Waals surface area contributed by atoms with E-state index in [-0.39, 0.29) is 29.2 Å². The van der Waals surface area contributed by atoms with E-state index in [0.29, 0.717) is 11.6 Å². The molecule has 1 N–H and O–H groups in total. The highest BCUT2D eigenvalue weighted by Gasteiger charge is 2.28. The summed E-state index contributed by atoms with van der Waals surface area (Å²) in [7, 11) is -2.95. The molecule has 1 amide bonds. The molecule has 1 aromatic rings. The number of aromatic nitrogens is 2. The summed E-state index contributed by atoms with van der Waals surface area (Å²) in [6.45, 7) is 0. The fourth-order valence-electron chi connectivity index (χ4n) is 1.67. The third-order valence-corrected chi connectivity index (χ3v) is 5.12. The first-order valence-corrected chi connectivity index (χ1v) is 8.25. The predicted octanol–water partition coefficient (Wildman–Crippen LogP) is -0.128. The lowest BCUT2D eigenvalue weighted by Crippen LogP contribution is -2.36. The number of rotatable bonds is 4. The van der Waals surface area contributed by atoms with Crippen LogP contribution in [-0.4, -0.2) is 47.6 Å². The number of thioether (sulfide) groups is 1. The van der Waals surface area contributed by atoms with Crippen LogP contribution in [0.15, 0.2) is 23.6 Å². The molecule has 0 aliphatic carbocycles. The highest BCUT2D eigenvalue weighted by atomic mass is 32.2. The SMILES string of the molecule is O=C(CSc1ncccn1)N[C@@H]1CCS(=O)(=O)C1. The molecule has 0 unspecified atom stereocenters. The zero-order chi connectivity index (χ0) is 13.0. The highest BCUT2D eigenvalue weighted by molar-refractivity contribution is 7.99. The van der Waals surface area contributed by atoms with Gasteiger partial charge in [0, 0.05) is 18.4 Å². The Morgan fingerprint density at radius 2 is 2.17 bits per heavy atom. The van der Waals surface area contributed by atoms with E-state index in [9.17, 15) is 13.2 Å². The van der Waals surface area contributed by atoms with Crippen LogP contribution in [0.25, 0.3) is 0 Å². The number of hydrogen-bond acceptors (Lipinski definition) is 6. The highest BCUT2D eigenvalue weighted by Crippen LogP contribution is 2.13. The van der Waals surface area contributed by atoms with Gasteiger partial charge in [-0.2, -0.15) is 0 Å². The number of hydrogen-bond donors (Lipinski definition) is 1. The van der Waals surface area contributed by atoms with Gasteiger partial charge >= 0.3 is 0 Å². The van der Waals surface area contributed by atoms with Crippen LogP contribution in [0.3, 0.4) is 0 Å². The Balaban J connectivity index is 1.76. The predicted molar refractivity (Wildman–Crippen MR) is 68.0 cm³/mol. The number of carbonyl (C=O) groups is 1. The van der Waals surface area contributed by atoms with Crippen LogP contribution < -0.4 is 5.32 Å². The molecule has 0 radical (unpaired) electrons. The average molecular weight is 287 g/mol. The van der Waals surface area contributed by atoms with Gasteiger partial charge in [0.1, 0.15) is 0 Å². The van der Waals surface area contributed by atoms with Gasteiger partial charge < -0.3 is 5.32 Å². The van der Waals surface area contributed by atoms with Crippen molar-refractivity contribution < 1.29 is 13.2 Å². The van der Waals surface area contributed by atoms with Crippen molar-refractivity contribution in [2.24, 2.45) is 0 Å². The number of nitrogens with one attached hydrogen (secondary N) is 1. The molecule has 6 nitrogen and oxygen atoms in total. The molecule has 98 valence electrons. The van der Waals surface area contributed by atoms with Crippen molar-refractivity contribution in [2.75, 3.05) is 17.3 Å². The summed E-state index contributed by atoms with van der Waals surface area (Å²) < 4.78 is 22.5. The quantitative estimate of drug-likeness (QED) is 0.613. The molecular weight excluding hydrogens is 274 g/mol. The van der Waals surface area contributed by atoms with E-state index in [1.54, 1.807) is 18.5 Å². The number of carbonyl (C=O) groups excluding carboxylic acids is 1. The van der Waals surface area contributed by atoms with E-state index >= 15 is 0 Å². The summed E-state index contributed by atoms with van der Waals surface area (Å²) >= 11 is 1.23. The summed E-state index contributed by atoms with van der Waals surface area (Å²) in [5.41, 5.74) is 0. The molecular formula is C10H13N3O3S2. The zero-order valence-corrected chi connectivity index (χ0v) is 11.2. The minimum atomic E-state index is -2.95. The van der Waals surface area contributed by atoms with Crippen molar-refractivity contribution in [1.29, 1.82) is 0 Å². The summed E-state index contributed by atoms with van der Waals surface area (Å²) in [6.07, 6.45) is 3.72. The van der Waals surface area contributed by atoms with Gasteiger partial charge in [-0.25, -0.2) is 18.4 Å². The molecule has 1 aliphatic rings. The van der Waals surface area contributed by atoms with Crippen molar-refractivity contribution in [1.82, 2.24) is 15.3 Å². The molecule has 1 atom stereocenters. The lowest BCUT2D eigenvalue weighted by Gasteiger charge is -2.09. The Morgan fingerprint density at radius 1 is 1.44 bits per heavy atom. The van der Waals surface area contributed by atoms with Gasteiger partial charge in [-0.15, -0.1) is 0 Å². The fraction of sp³-hybridized carbons (Fsp3) is 0.500. The van der Waals surface area contributed by atoms with Crippen molar-refractivity contribution in [3.05, 3.63) is 18.5 Å². The molecule has 8 heteroatoms. The van der Waals surface area contributed by atoms with Gasteiger partial charge in [0.2, 0.25) is 5.91 Å². The van der Waals surface area contributed by atoms with Crippen molar-refractivity contribution >= 4 is 27.5 Å². The topological polar surface area (TPSA) is 89.0 Å². The van der Waals surface area contributed by atoms with Crippen LogP contribution in [0.5, 0.6) is 0 Å². The van der Waals surface area contributed by atoms with E-state index in [1.165, 1.54) is 11.8 Å². The van der Waals surface area contributed by atoms with E-state index in [4.69, 9.17) is 0 Å². The zero-order valence-electron chi connectivity index (χ0n) is 9.57. The molecule has 18 heavy (non-hydrogen) atoms. The number of sulfone groups is 1. The minimum Gasteiger partial charge on any atom is -0.352 e. The van der Waals surface area contributed by atoms with Crippen LogP contribution in [0.2, 0.25) is 0 Å². The fourth-order valence-corrected chi connectivity index (χ4v) is 3.96. The van der Waals surface area contributed by atoms with Gasteiger partial charge in [0.05, 0.1) is 17.3 Å². The van der Waals surface area contributed by atoms with Crippen molar-refractivity contribution in [2.45, 2.75) is 17.6 Å². The Hall–Kier alpha value is -1.15. The second-order valence-corrected chi connectivity index (χ2v) is 7.16. The Kier molecular flexibility index (Phi) is 4.18. The molecule has 1 aliphatic heterocycles. The van der Waals surface area contributed by atoms with E-state index in [1.807, 2.05) is 0 Å². The van der Waals surface area contributed by atoms with Crippen LogP contribution in [-0.2, 0) is 14.6 Å². The Bertz CT molecular complexity index is 518. The average Bonchev–Trinajstić information content (AvgIpc) is 2.67. The third-order valence-electron chi connectivity index (χ3n) is 2.47. The second-order valence-electron chi connectivity index (χ2n) is 3.99. The molecule has 2 heterocycles. The van der Waals surface area contributed by atoms with Crippen molar-refractivity contribution in [3.8, 4) is 0 Å². The lowest BCUT2D eigenvalue weighted by molar-refractivity contribution is -0.119. The largest absolute Gasteiger partial charge is 0.352 e. The van der Waals surface area contributed by atoms with Crippen LogP contribution >= 0.6 is 11.8 Å². The number of nitrogens with zero attached hydrogens (tertiary/aromatic N) is 2. The smallest absolute Gasteiger partial charge is 0.230 e. The monoisotopic (exact) mass is 287 g/mol. The lowest BCUT2D eigenvalue weighted by atomic mass is 10.3. The summed E-state index contributed by atoms with van der Waals surface area (Å²) in [5, 5.41) is 3.24. The van der Waals surface area contributed by atoms with Gasteiger partial charge in [-0.3, -0.25) is 4.79 Å². The first-order valence-electron chi connectivity index (χ1n) is 5.45. The molecule has 1 aromatic heterocycles.